The fourth-order valence-electron chi connectivity index (χ4n) is 5.13. The van der Waals surface area contributed by atoms with E-state index in [9.17, 15) is 9.18 Å². The van der Waals surface area contributed by atoms with Crippen molar-refractivity contribution in [2.24, 2.45) is 5.10 Å². The summed E-state index contributed by atoms with van der Waals surface area (Å²) in [7, 11) is 0. The predicted molar refractivity (Wildman–Crippen MR) is 98.9 cm³/mol. The van der Waals surface area contributed by atoms with Crippen LogP contribution < -0.4 is 5.43 Å². The van der Waals surface area contributed by atoms with Crippen LogP contribution in [-0.2, 0) is 12.0 Å². The molecule has 5 nitrogen and oxygen atoms in total. The summed E-state index contributed by atoms with van der Waals surface area (Å²) in [5, 5.41) is 5.33. The molecule has 1 fully saturated rings. The van der Waals surface area contributed by atoms with Crippen LogP contribution in [0.3, 0.4) is 0 Å². The average molecular weight is 354 g/mol. The van der Waals surface area contributed by atoms with E-state index in [0.717, 1.165) is 53.8 Å². The van der Waals surface area contributed by atoms with Gasteiger partial charge in [-0.1, -0.05) is 0 Å². The number of hydrogen-bond acceptors (Lipinski definition) is 3. The summed E-state index contributed by atoms with van der Waals surface area (Å²) >= 11 is 0. The van der Waals surface area contributed by atoms with Crippen molar-refractivity contribution in [1.82, 2.24) is 14.9 Å². The van der Waals surface area contributed by atoms with E-state index in [4.69, 9.17) is 0 Å². The molecule has 0 bridgehead atoms. The van der Waals surface area contributed by atoms with Crippen LogP contribution in [0.15, 0.2) is 17.2 Å². The molecule has 0 unspecified atom stereocenters. The molecule has 26 heavy (non-hydrogen) atoms. The second-order valence-corrected chi connectivity index (χ2v) is 8.98. The number of amides is 1. The zero-order valence-electron chi connectivity index (χ0n) is 15.6. The maximum Gasteiger partial charge on any atom is 0.272 e. The van der Waals surface area contributed by atoms with Crippen LogP contribution in [0.1, 0.15) is 62.2 Å². The molecule has 4 heterocycles. The maximum atomic E-state index is 14.4. The van der Waals surface area contributed by atoms with E-state index in [0.29, 0.717) is 5.56 Å². The van der Waals surface area contributed by atoms with Crippen LogP contribution in [0.2, 0.25) is 0 Å². The Kier molecular flexibility index (Phi) is 2.85. The van der Waals surface area contributed by atoms with E-state index in [1.54, 1.807) is 6.07 Å². The van der Waals surface area contributed by atoms with Crippen LogP contribution >= 0.6 is 0 Å². The third kappa shape index (κ3) is 1.85. The first kappa shape index (κ1) is 15.9. The Morgan fingerprint density at radius 3 is 2.81 bits per heavy atom. The Morgan fingerprint density at radius 1 is 1.31 bits per heavy atom. The van der Waals surface area contributed by atoms with Gasteiger partial charge in [-0.15, -0.1) is 0 Å². The lowest BCUT2D eigenvalue weighted by Gasteiger charge is -2.42. The average Bonchev–Trinajstić information content (AvgIpc) is 3.02. The number of aromatic nitrogens is 1. The zero-order valence-corrected chi connectivity index (χ0v) is 15.6. The Labute approximate surface area is 151 Å². The highest BCUT2D eigenvalue weighted by Gasteiger charge is 2.47. The SMILES string of the molecule is CC(C)(C)n1c2c3c4c(cc(F)cc41)C(=O)NN=C3N1CCC[C@]1(C)C2. The highest BCUT2D eigenvalue weighted by molar-refractivity contribution is 6.20. The van der Waals surface area contributed by atoms with Gasteiger partial charge in [-0.25, -0.2) is 9.82 Å². The van der Waals surface area contributed by atoms with Crippen molar-refractivity contribution in [2.75, 3.05) is 6.54 Å². The molecule has 0 spiro atoms. The summed E-state index contributed by atoms with van der Waals surface area (Å²) < 4.78 is 16.6. The number of benzene rings is 1. The van der Waals surface area contributed by atoms with Gasteiger partial charge in [0.15, 0.2) is 5.84 Å². The zero-order chi connectivity index (χ0) is 18.4. The van der Waals surface area contributed by atoms with E-state index >= 15 is 0 Å². The van der Waals surface area contributed by atoms with Gasteiger partial charge in [-0.3, -0.25) is 4.79 Å². The third-order valence-corrected chi connectivity index (χ3v) is 6.09. The lowest BCUT2D eigenvalue weighted by atomic mass is 9.85. The van der Waals surface area contributed by atoms with Crippen molar-refractivity contribution >= 4 is 22.6 Å². The Hall–Kier alpha value is -2.37. The van der Waals surface area contributed by atoms with Gasteiger partial charge in [-0.05, 0) is 52.7 Å². The maximum absolute atomic E-state index is 14.4. The molecule has 1 aromatic heterocycles. The van der Waals surface area contributed by atoms with Crippen LogP contribution in [0.4, 0.5) is 4.39 Å². The topological polar surface area (TPSA) is 49.6 Å². The van der Waals surface area contributed by atoms with Gasteiger partial charge in [0.25, 0.3) is 5.91 Å². The largest absolute Gasteiger partial charge is 0.349 e. The number of carbonyl (C=O) groups excluding carboxylic acids is 1. The second kappa shape index (κ2) is 4.67. The summed E-state index contributed by atoms with van der Waals surface area (Å²) in [6, 6.07) is 2.90. The van der Waals surface area contributed by atoms with Gasteiger partial charge in [-0.2, -0.15) is 5.10 Å². The molecule has 0 saturated carbocycles. The molecule has 6 heteroatoms. The van der Waals surface area contributed by atoms with E-state index in [2.05, 4.69) is 47.7 Å². The van der Waals surface area contributed by atoms with E-state index in [1.807, 2.05) is 0 Å². The van der Waals surface area contributed by atoms with Gasteiger partial charge in [0.1, 0.15) is 5.82 Å². The van der Waals surface area contributed by atoms with Gasteiger partial charge < -0.3 is 9.47 Å². The summed E-state index contributed by atoms with van der Waals surface area (Å²) in [6.07, 6.45) is 3.08. The quantitative estimate of drug-likeness (QED) is 0.789. The highest BCUT2D eigenvalue weighted by Crippen LogP contribution is 2.45. The van der Waals surface area contributed by atoms with Crippen LogP contribution in [-0.4, -0.2) is 33.3 Å². The first-order chi connectivity index (χ1) is 12.2. The molecule has 136 valence electrons. The second-order valence-electron chi connectivity index (χ2n) is 8.98. The first-order valence-corrected chi connectivity index (χ1v) is 9.24. The highest BCUT2D eigenvalue weighted by atomic mass is 19.1. The molecule has 1 N–H and O–H groups in total. The van der Waals surface area contributed by atoms with E-state index in [-0.39, 0.29) is 17.0 Å². The smallest absolute Gasteiger partial charge is 0.272 e. The lowest BCUT2D eigenvalue weighted by molar-refractivity contribution is 0.0955. The number of fused-ring (bicyclic) bond motifs is 2. The number of rotatable bonds is 0. The van der Waals surface area contributed by atoms with Gasteiger partial charge >= 0.3 is 0 Å². The number of carbonyl (C=O) groups is 1. The molecule has 1 amide bonds. The molecule has 3 aliphatic heterocycles. The normalized spacial score (nSPS) is 24.4. The number of nitrogens with zero attached hydrogens (tertiary/aromatic N) is 3. The molecule has 1 saturated heterocycles. The van der Waals surface area contributed by atoms with Gasteiger partial charge in [0, 0.05) is 40.7 Å². The summed E-state index contributed by atoms with van der Waals surface area (Å²) in [4.78, 5) is 15.0. The summed E-state index contributed by atoms with van der Waals surface area (Å²) in [6.45, 7) is 9.59. The van der Waals surface area contributed by atoms with Crippen molar-refractivity contribution in [2.45, 2.75) is 58.0 Å². The monoisotopic (exact) mass is 354 g/mol. The first-order valence-electron chi connectivity index (χ1n) is 9.24. The van der Waals surface area contributed by atoms with E-state index in [1.165, 1.54) is 6.07 Å². The minimum absolute atomic E-state index is 0.0169. The molecule has 0 aliphatic carbocycles. The summed E-state index contributed by atoms with van der Waals surface area (Å²) in [5.41, 5.74) is 5.73. The van der Waals surface area contributed by atoms with Crippen molar-refractivity contribution in [3.63, 3.8) is 0 Å². The fraction of sp³-hybridized carbons (Fsp3) is 0.500. The summed E-state index contributed by atoms with van der Waals surface area (Å²) in [5.74, 6) is 0.0993. The number of hydrogen-bond donors (Lipinski definition) is 1. The minimum Gasteiger partial charge on any atom is -0.349 e. The van der Waals surface area contributed by atoms with Crippen molar-refractivity contribution in [3.8, 4) is 0 Å². The van der Waals surface area contributed by atoms with Crippen LogP contribution in [0.5, 0.6) is 0 Å². The number of nitrogens with one attached hydrogen (secondary N) is 1. The molecule has 0 radical (unpaired) electrons. The molecular weight excluding hydrogens is 331 g/mol. The predicted octanol–water partition coefficient (Wildman–Crippen LogP) is 3.35. The lowest BCUT2D eigenvalue weighted by Crippen LogP contribution is -2.51. The van der Waals surface area contributed by atoms with E-state index < -0.39 is 5.82 Å². The molecular formula is C20H23FN4O. The standard InChI is InChI=1S/C20H23FN4O/c1-19(2,3)25-13-9-11(21)8-12-15(13)16-14(25)10-20(4)6-5-7-24(20)17(16)22-23-18(12)26/h8-9H,5-7,10H2,1-4H3,(H,23,26)/t20-/m1/s1. The van der Waals surface area contributed by atoms with Crippen LogP contribution in [0, 0.1) is 5.82 Å². The fourth-order valence-corrected chi connectivity index (χ4v) is 5.13. The van der Waals surface area contributed by atoms with Gasteiger partial charge in [0.05, 0.1) is 11.1 Å². The Bertz CT molecular complexity index is 1010. The molecule has 3 aliphatic rings. The third-order valence-electron chi connectivity index (χ3n) is 6.09. The van der Waals surface area contributed by atoms with Crippen molar-refractivity contribution in [3.05, 3.63) is 34.8 Å². The number of amidine groups is 1. The van der Waals surface area contributed by atoms with Crippen LogP contribution in [0.25, 0.3) is 10.9 Å². The Morgan fingerprint density at radius 2 is 2.08 bits per heavy atom. The molecule has 1 atom stereocenters. The molecule has 5 rings (SSSR count). The van der Waals surface area contributed by atoms with Gasteiger partial charge in [0.2, 0.25) is 0 Å². The molecule has 2 aromatic rings. The number of hydrazone groups is 1. The molecule has 1 aromatic carbocycles. The Balaban J connectivity index is 1.98. The van der Waals surface area contributed by atoms with Crippen molar-refractivity contribution < 1.29 is 9.18 Å². The minimum atomic E-state index is -0.391. The number of halogens is 1. The van der Waals surface area contributed by atoms with Crippen molar-refractivity contribution in [1.29, 1.82) is 0 Å².